The van der Waals surface area contributed by atoms with E-state index in [1.807, 2.05) is 19.1 Å². The minimum absolute atomic E-state index is 0.0587. The van der Waals surface area contributed by atoms with Gasteiger partial charge >= 0.3 is 0 Å². The van der Waals surface area contributed by atoms with Gasteiger partial charge in [0.05, 0.1) is 25.0 Å². The highest BCUT2D eigenvalue weighted by Gasteiger charge is 2.21. The summed E-state index contributed by atoms with van der Waals surface area (Å²) < 4.78 is 7.34. The molecule has 1 amide bonds. The van der Waals surface area contributed by atoms with E-state index in [-0.39, 0.29) is 5.91 Å². The maximum absolute atomic E-state index is 12.0. The van der Waals surface area contributed by atoms with Gasteiger partial charge in [0.25, 0.3) is 0 Å². The second-order valence-electron chi connectivity index (χ2n) is 6.68. The number of hydrogen-bond donors (Lipinski definition) is 1. The summed E-state index contributed by atoms with van der Waals surface area (Å²) in [4.78, 5) is 14.2. The van der Waals surface area contributed by atoms with Crippen LogP contribution in [-0.2, 0) is 17.9 Å². The first-order valence-corrected chi connectivity index (χ1v) is 8.62. The molecule has 3 heterocycles. The van der Waals surface area contributed by atoms with E-state index in [4.69, 9.17) is 4.42 Å². The van der Waals surface area contributed by atoms with Crippen LogP contribution in [0.3, 0.4) is 0 Å². The van der Waals surface area contributed by atoms with E-state index >= 15 is 0 Å². The lowest BCUT2D eigenvalue weighted by atomic mass is 9.97. The van der Waals surface area contributed by atoms with Gasteiger partial charge in [-0.25, -0.2) is 0 Å². The number of carbonyl (C=O) groups excluding carboxylic acids is 1. The van der Waals surface area contributed by atoms with E-state index in [1.165, 1.54) is 5.69 Å². The summed E-state index contributed by atoms with van der Waals surface area (Å²) >= 11 is 0. The molecule has 0 atom stereocenters. The molecular formula is C18H26N4O2. The van der Waals surface area contributed by atoms with E-state index in [0.29, 0.717) is 19.0 Å². The molecule has 1 fully saturated rings. The first kappa shape index (κ1) is 16.8. The fourth-order valence-electron chi connectivity index (χ4n) is 3.29. The number of carbonyl (C=O) groups is 1. The van der Waals surface area contributed by atoms with Gasteiger partial charge in [0.1, 0.15) is 5.76 Å². The summed E-state index contributed by atoms with van der Waals surface area (Å²) in [5.41, 5.74) is 2.31. The van der Waals surface area contributed by atoms with Crippen molar-refractivity contribution in [2.75, 3.05) is 19.6 Å². The lowest BCUT2D eigenvalue weighted by Gasteiger charge is -2.31. The number of likely N-dealkylation sites (tertiary alicyclic amines) is 1. The normalized spacial score (nSPS) is 16.4. The van der Waals surface area contributed by atoms with Crippen LogP contribution in [0.15, 0.2) is 28.9 Å². The molecule has 0 saturated carbocycles. The Labute approximate surface area is 142 Å². The minimum Gasteiger partial charge on any atom is -0.467 e. The second kappa shape index (κ2) is 7.66. The third-order valence-corrected chi connectivity index (χ3v) is 4.65. The highest BCUT2D eigenvalue weighted by molar-refractivity contribution is 5.77. The zero-order valence-corrected chi connectivity index (χ0v) is 14.5. The molecule has 0 aliphatic carbocycles. The molecule has 24 heavy (non-hydrogen) atoms. The molecule has 130 valence electrons. The Balaban J connectivity index is 1.38. The molecule has 0 bridgehead atoms. The first-order chi connectivity index (χ1) is 11.6. The lowest BCUT2D eigenvalue weighted by Crippen LogP contribution is -2.42. The maximum Gasteiger partial charge on any atom is 0.234 e. The lowest BCUT2D eigenvalue weighted by molar-refractivity contribution is -0.122. The van der Waals surface area contributed by atoms with E-state index in [0.717, 1.165) is 43.9 Å². The van der Waals surface area contributed by atoms with Crippen molar-refractivity contribution in [1.82, 2.24) is 20.0 Å². The molecule has 2 aromatic heterocycles. The topological polar surface area (TPSA) is 63.3 Å². The predicted octanol–water partition coefficient (Wildman–Crippen LogP) is 2.12. The van der Waals surface area contributed by atoms with Crippen molar-refractivity contribution in [3.63, 3.8) is 0 Å². The number of amides is 1. The van der Waals surface area contributed by atoms with Crippen molar-refractivity contribution in [1.29, 1.82) is 0 Å². The van der Waals surface area contributed by atoms with Crippen LogP contribution in [0.4, 0.5) is 0 Å². The average molecular weight is 330 g/mol. The van der Waals surface area contributed by atoms with Gasteiger partial charge in [0.2, 0.25) is 5.91 Å². The van der Waals surface area contributed by atoms with E-state index in [1.54, 1.807) is 6.26 Å². The van der Waals surface area contributed by atoms with Gasteiger partial charge in [-0.1, -0.05) is 0 Å². The average Bonchev–Trinajstić information content (AvgIpc) is 3.17. The predicted molar refractivity (Wildman–Crippen MR) is 91.4 cm³/mol. The van der Waals surface area contributed by atoms with Crippen LogP contribution in [0.1, 0.15) is 30.0 Å². The highest BCUT2D eigenvalue weighted by Crippen LogP contribution is 2.19. The number of aromatic nitrogens is 2. The van der Waals surface area contributed by atoms with Crippen molar-refractivity contribution in [2.45, 2.75) is 39.8 Å². The monoisotopic (exact) mass is 330 g/mol. The van der Waals surface area contributed by atoms with Crippen LogP contribution in [0.5, 0.6) is 0 Å². The Bertz CT molecular complexity index is 655. The molecule has 1 saturated heterocycles. The Morgan fingerprint density at radius 3 is 2.79 bits per heavy atom. The molecule has 0 spiro atoms. The molecule has 0 aromatic carbocycles. The van der Waals surface area contributed by atoms with E-state index in [2.05, 4.69) is 33.0 Å². The third-order valence-electron chi connectivity index (χ3n) is 4.65. The zero-order chi connectivity index (χ0) is 16.9. The SMILES string of the molecule is Cc1cc(C)n(CC2CCN(CC(=O)NCc3ccco3)CC2)n1. The second-order valence-corrected chi connectivity index (χ2v) is 6.68. The van der Waals surface area contributed by atoms with Crippen LogP contribution in [0, 0.1) is 19.8 Å². The van der Waals surface area contributed by atoms with Gasteiger partial charge in [0, 0.05) is 12.2 Å². The van der Waals surface area contributed by atoms with Crippen LogP contribution in [0.25, 0.3) is 0 Å². The van der Waals surface area contributed by atoms with Crippen molar-refractivity contribution in [2.24, 2.45) is 5.92 Å². The van der Waals surface area contributed by atoms with Gasteiger partial charge in [-0.2, -0.15) is 5.10 Å². The summed E-state index contributed by atoms with van der Waals surface area (Å²) in [5.74, 6) is 1.49. The van der Waals surface area contributed by atoms with Crippen molar-refractivity contribution >= 4 is 5.91 Å². The summed E-state index contributed by atoms with van der Waals surface area (Å²) in [6.07, 6.45) is 3.85. The largest absolute Gasteiger partial charge is 0.467 e. The maximum atomic E-state index is 12.0. The smallest absolute Gasteiger partial charge is 0.234 e. The molecule has 0 radical (unpaired) electrons. The molecule has 1 N–H and O–H groups in total. The fraction of sp³-hybridized carbons (Fsp3) is 0.556. The summed E-state index contributed by atoms with van der Waals surface area (Å²) in [5, 5.41) is 7.46. The van der Waals surface area contributed by atoms with E-state index in [9.17, 15) is 4.79 Å². The number of nitrogens with zero attached hydrogens (tertiary/aromatic N) is 3. The Morgan fingerprint density at radius 1 is 1.38 bits per heavy atom. The van der Waals surface area contributed by atoms with Crippen molar-refractivity contribution < 1.29 is 9.21 Å². The molecular weight excluding hydrogens is 304 g/mol. The van der Waals surface area contributed by atoms with Gasteiger partial charge in [-0.3, -0.25) is 14.4 Å². The standard InChI is InChI=1S/C18H26N4O2/c1-14-10-15(2)22(20-14)12-16-5-7-21(8-6-16)13-18(23)19-11-17-4-3-9-24-17/h3-4,9-10,16H,5-8,11-13H2,1-2H3,(H,19,23). The number of hydrogen-bond acceptors (Lipinski definition) is 4. The number of furan rings is 1. The molecule has 6 nitrogen and oxygen atoms in total. The molecule has 3 rings (SSSR count). The first-order valence-electron chi connectivity index (χ1n) is 8.62. The molecule has 1 aliphatic heterocycles. The minimum atomic E-state index is 0.0587. The quantitative estimate of drug-likeness (QED) is 0.881. The summed E-state index contributed by atoms with van der Waals surface area (Å²) in [6, 6.07) is 5.82. The van der Waals surface area contributed by atoms with Gasteiger partial charge < -0.3 is 9.73 Å². The number of nitrogens with one attached hydrogen (secondary N) is 1. The zero-order valence-electron chi connectivity index (χ0n) is 14.5. The molecule has 1 aliphatic rings. The van der Waals surface area contributed by atoms with Crippen LogP contribution >= 0.6 is 0 Å². The molecule has 6 heteroatoms. The fourth-order valence-corrected chi connectivity index (χ4v) is 3.29. The van der Waals surface area contributed by atoms with Crippen molar-refractivity contribution in [3.05, 3.63) is 41.6 Å². The number of rotatable bonds is 6. The molecule has 2 aromatic rings. The Morgan fingerprint density at radius 2 is 2.17 bits per heavy atom. The van der Waals surface area contributed by atoms with Crippen LogP contribution in [0.2, 0.25) is 0 Å². The summed E-state index contributed by atoms with van der Waals surface area (Å²) in [6.45, 7) is 7.99. The molecule has 0 unspecified atom stereocenters. The highest BCUT2D eigenvalue weighted by atomic mass is 16.3. The van der Waals surface area contributed by atoms with Gasteiger partial charge in [-0.15, -0.1) is 0 Å². The van der Waals surface area contributed by atoms with Crippen molar-refractivity contribution in [3.8, 4) is 0 Å². The van der Waals surface area contributed by atoms with Gasteiger partial charge in [0.15, 0.2) is 0 Å². The van der Waals surface area contributed by atoms with Gasteiger partial charge in [-0.05, 0) is 63.9 Å². The number of piperidine rings is 1. The van der Waals surface area contributed by atoms with Crippen LogP contribution < -0.4 is 5.32 Å². The number of aryl methyl sites for hydroxylation is 2. The van der Waals surface area contributed by atoms with Crippen LogP contribution in [-0.4, -0.2) is 40.2 Å². The summed E-state index contributed by atoms with van der Waals surface area (Å²) in [7, 11) is 0. The van der Waals surface area contributed by atoms with E-state index < -0.39 is 0 Å². The Hall–Kier alpha value is -2.08. The third kappa shape index (κ3) is 4.47. The Kier molecular flexibility index (Phi) is 5.35.